The van der Waals surface area contributed by atoms with Gasteiger partial charge >= 0.3 is 0 Å². The van der Waals surface area contributed by atoms with Gasteiger partial charge in [0.1, 0.15) is 5.82 Å². The summed E-state index contributed by atoms with van der Waals surface area (Å²) >= 11 is 9.43. The Morgan fingerprint density at radius 2 is 2.16 bits per heavy atom. The van der Waals surface area contributed by atoms with E-state index in [0.717, 1.165) is 21.7 Å². The average molecular weight is 340 g/mol. The number of amides is 1. The molecule has 1 saturated carbocycles. The predicted octanol–water partition coefficient (Wildman–Crippen LogP) is 4.25. The van der Waals surface area contributed by atoms with Gasteiger partial charge in [0.25, 0.3) is 0 Å². The Balaban J connectivity index is 1.89. The van der Waals surface area contributed by atoms with Gasteiger partial charge in [-0.25, -0.2) is 4.98 Å². The van der Waals surface area contributed by atoms with Crippen molar-refractivity contribution in [3.05, 3.63) is 33.9 Å². The number of nitrogens with one attached hydrogen (secondary N) is 1. The quantitative estimate of drug-likeness (QED) is 0.889. The van der Waals surface area contributed by atoms with Crippen molar-refractivity contribution >= 4 is 50.0 Å². The minimum Gasteiger partial charge on any atom is -0.310 e. The molecule has 5 heteroatoms. The predicted molar refractivity (Wildman–Crippen MR) is 80.4 cm³/mol. The van der Waals surface area contributed by atoms with E-state index in [4.69, 9.17) is 11.6 Å². The second-order valence-corrected chi connectivity index (χ2v) is 6.25. The van der Waals surface area contributed by atoms with Gasteiger partial charge in [-0.3, -0.25) is 4.79 Å². The van der Waals surface area contributed by atoms with Crippen LogP contribution in [0.2, 0.25) is 5.02 Å². The number of nitrogens with zero attached hydrogens (tertiary/aromatic N) is 1. The monoisotopic (exact) mass is 338 g/mol. The van der Waals surface area contributed by atoms with E-state index in [2.05, 4.69) is 33.2 Å². The van der Waals surface area contributed by atoms with Crippen molar-refractivity contribution in [2.24, 2.45) is 11.8 Å². The van der Waals surface area contributed by atoms with E-state index in [0.29, 0.717) is 16.8 Å². The number of carbonyl (C=O) groups is 1. The third kappa shape index (κ3) is 2.60. The number of hydrogen-bond acceptors (Lipinski definition) is 2. The number of halogens is 2. The summed E-state index contributed by atoms with van der Waals surface area (Å²) in [6.45, 7) is 2.08. The molecule has 2 atom stereocenters. The van der Waals surface area contributed by atoms with Gasteiger partial charge in [0.15, 0.2) is 0 Å². The third-order valence-electron chi connectivity index (χ3n) is 3.46. The first-order valence-corrected chi connectivity index (χ1v) is 7.27. The molecule has 0 spiro atoms. The van der Waals surface area contributed by atoms with Crippen molar-refractivity contribution in [1.82, 2.24) is 4.98 Å². The van der Waals surface area contributed by atoms with E-state index < -0.39 is 0 Å². The first-order chi connectivity index (χ1) is 9.04. The maximum absolute atomic E-state index is 11.9. The maximum Gasteiger partial charge on any atom is 0.228 e. The molecule has 3 rings (SSSR count). The number of hydrogen-bond donors (Lipinski definition) is 1. The summed E-state index contributed by atoms with van der Waals surface area (Å²) in [6.07, 6.45) is 2.69. The largest absolute Gasteiger partial charge is 0.310 e. The smallest absolute Gasteiger partial charge is 0.228 e. The lowest BCUT2D eigenvalue weighted by molar-refractivity contribution is -0.117. The normalized spacial score (nSPS) is 21.4. The first-order valence-electron chi connectivity index (χ1n) is 6.10. The Bertz CT molecular complexity index is 674. The number of benzene rings is 1. The zero-order valence-corrected chi connectivity index (χ0v) is 12.6. The molecule has 1 aliphatic carbocycles. The number of fused-ring (bicyclic) bond motifs is 1. The van der Waals surface area contributed by atoms with E-state index in [-0.39, 0.29) is 11.8 Å². The highest BCUT2D eigenvalue weighted by Gasteiger charge is 2.39. The third-order valence-corrected chi connectivity index (χ3v) is 4.66. The fraction of sp³-hybridized carbons (Fsp3) is 0.286. The molecule has 1 aliphatic rings. The van der Waals surface area contributed by atoms with E-state index in [1.54, 1.807) is 6.20 Å². The van der Waals surface area contributed by atoms with Gasteiger partial charge in [0.2, 0.25) is 5.91 Å². The minimum atomic E-state index is 0.0624. The zero-order chi connectivity index (χ0) is 13.6. The molecule has 2 aromatic rings. The van der Waals surface area contributed by atoms with Gasteiger partial charge in [0, 0.05) is 22.0 Å². The van der Waals surface area contributed by atoms with Crippen molar-refractivity contribution in [3.8, 4) is 0 Å². The molecule has 1 heterocycles. The molecular formula is C14H12BrClN2O. The maximum atomic E-state index is 11.9. The highest BCUT2D eigenvalue weighted by atomic mass is 79.9. The highest BCUT2D eigenvalue weighted by Crippen LogP contribution is 2.38. The topological polar surface area (TPSA) is 42.0 Å². The molecule has 1 aromatic heterocycles. The highest BCUT2D eigenvalue weighted by molar-refractivity contribution is 9.10. The Hall–Kier alpha value is -1.13. The van der Waals surface area contributed by atoms with Gasteiger partial charge in [-0.05, 0) is 51.9 Å². The summed E-state index contributed by atoms with van der Waals surface area (Å²) in [5.41, 5.74) is 0. The van der Waals surface area contributed by atoms with Crippen molar-refractivity contribution in [1.29, 1.82) is 0 Å². The lowest BCUT2D eigenvalue weighted by Crippen LogP contribution is -2.15. The van der Waals surface area contributed by atoms with Crippen LogP contribution in [0.1, 0.15) is 13.3 Å². The summed E-state index contributed by atoms with van der Waals surface area (Å²) in [7, 11) is 0. The zero-order valence-electron chi connectivity index (χ0n) is 10.3. The Morgan fingerprint density at radius 3 is 2.84 bits per heavy atom. The lowest BCUT2D eigenvalue weighted by Gasteiger charge is -2.06. The molecular weight excluding hydrogens is 328 g/mol. The van der Waals surface area contributed by atoms with Crippen molar-refractivity contribution in [2.75, 3.05) is 5.32 Å². The van der Waals surface area contributed by atoms with Crippen LogP contribution in [0.25, 0.3) is 10.8 Å². The molecule has 1 fully saturated rings. The molecule has 0 bridgehead atoms. The molecule has 0 unspecified atom stereocenters. The van der Waals surface area contributed by atoms with Crippen LogP contribution in [0.15, 0.2) is 28.9 Å². The number of carbonyl (C=O) groups excluding carboxylic acids is 1. The van der Waals surface area contributed by atoms with Crippen LogP contribution in [0.5, 0.6) is 0 Å². The lowest BCUT2D eigenvalue weighted by atomic mass is 10.2. The Kier molecular flexibility index (Phi) is 3.23. The molecule has 1 aromatic carbocycles. The molecule has 1 N–H and O–H groups in total. The van der Waals surface area contributed by atoms with Crippen LogP contribution in [-0.2, 0) is 4.79 Å². The van der Waals surface area contributed by atoms with Gasteiger partial charge in [0.05, 0.1) is 5.02 Å². The van der Waals surface area contributed by atoms with Crippen molar-refractivity contribution in [2.45, 2.75) is 13.3 Å². The van der Waals surface area contributed by atoms with Crippen LogP contribution in [-0.4, -0.2) is 10.9 Å². The summed E-state index contributed by atoms with van der Waals surface area (Å²) in [4.78, 5) is 16.1. The van der Waals surface area contributed by atoms with Crippen LogP contribution in [0, 0.1) is 11.8 Å². The fourth-order valence-electron chi connectivity index (χ4n) is 2.11. The van der Waals surface area contributed by atoms with Crippen molar-refractivity contribution < 1.29 is 4.79 Å². The standard InChI is InChI=1S/C14H12BrClN2O/c1-7-2-10(7)14(19)18-13-5-8-3-11(15)12(16)4-9(8)6-17-13/h3-7,10H,2H2,1H3,(H,17,18,19)/t7-,10-/m0/s1. The Morgan fingerprint density at radius 1 is 1.42 bits per heavy atom. The molecule has 1 amide bonds. The fourth-order valence-corrected chi connectivity index (χ4v) is 2.65. The summed E-state index contributed by atoms with van der Waals surface area (Å²) in [5.74, 6) is 1.29. The number of anilines is 1. The molecule has 3 nitrogen and oxygen atoms in total. The number of rotatable bonds is 2. The molecule has 0 radical (unpaired) electrons. The van der Waals surface area contributed by atoms with Crippen LogP contribution >= 0.6 is 27.5 Å². The summed E-state index contributed by atoms with van der Waals surface area (Å²) < 4.78 is 0.834. The summed E-state index contributed by atoms with van der Waals surface area (Å²) in [6, 6.07) is 5.64. The molecule has 19 heavy (non-hydrogen) atoms. The number of aromatic nitrogens is 1. The molecule has 0 saturated heterocycles. The summed E-state index contributed by atoms with van der Waals surface area (Å²) in [5, 5.41) is 5.45. The minimum absolute atomic E-state index is 0.0624. The van der Waals surface area contributed by atoms with Crippen molar-refractivity contribution in [3.63, 3.8) is 0 Å². The van der Waals surface area contributed by atoms with Gasteiger partial charge < -0.3 is 5.32 Å². The second-order valence-electron chi connectivity index (χ2n) is 4.99. The van der Waals surface area contributed by atoms with E-state index >= 15 is 0 Å². The van der Waals surface area contributed by atoms with Crippen LogP contribution < -0.4 is 5.32 Å². The molecule has 98 valence electrons. The average Bonchev–Trinajstić information content (AvgIpc) is 3.08. The van der Waals surface area contributed by atoms with Gasteiger partial charge in [-0.1, -0.05) is 18.5 Å². The first kappa shape index (κ1) is 12.9. The van der Waals surface area contributed by atoms with Gasteiger partial charge in [-0.15, -0.1) is 0 Å². The van der Waals surface area contributed by atoms with Gasteiger partial charge in [-0.2, -0.15) is 0 Å². The van der Waals surface area contributed by atoms with Crippen LogP contribution in [0.3, 0.4) is 0 Å². The number of pyridine rings is 1. The molecule has 0 aliphatic heterocycles. The SMILES string of the molecule is C[C@H]1C[C@@H]1C(=O)Nc1cc2cc(Br)c(Cl)cc2cn1. The van der Waals surface area contributed by atoms with E-state index in [9.17, 15) is 4.79 Å². The van der Waals surface area contributed by atoms with Crippen LogP contribution in [0.4, 0.5) is 5.82 Å². The Labute approximate surface area is 124 Å². The van der Waals surface area contributed by atoms with E-state index in [1.165, 1.54) is 0 Å². The van der Waals surface area contributed by atoms with E-state index in [1.807, 2.05) is 18.2 Å². The second kappa shape index (κ2) is 4.76.